The van der Waals surface area contributed by atoms with Crippen molar-refractivity contribution in [1.29, 1.82) is 0 Å². The van der Waals surface area contributed by atoms with Crippen molar-refractivity contribution in [3.8, 4) is 0 Å². The van der Waals surface area contributed by atoms with Crippen molar-refractivity contribution in [1.82, 2.24) is 0 Å². The summed E-state index contributed by atoms with van der Waals surface area (Å²) in [4.78, 5) is 2.85. The minimum Gasteiger partial charge on any atom is -0.400 e. The molecule has 5 nitrogen and oxygen atoms in total. The number of hydrogen-bond acceptors (Lipinski definition) is 3. The second kappa shape index (κ2) is 10.1. The van der Waals surface area contributed by atoms with E-state index in [9.17, 15) is 0 Å². The highest BCUT2D eigenvalue weighted by Gasteiger charge is 2.21. The Morgan fingerprint density at radius 3 is 2.15 bits per heavy atom. The molecule has 0 amide bonds. The molecule has 0 fully saturated rings. The maximum absolute atomic E-state index is 8.36. The Morgan fingerprint density at radius 1 is 1.00 bits per heavy atom. The minimum atomic E-state index is 0.0492. The molecule has 7 heteroatoms. The van der Waals surface area contributed by atoms with Gasteiger partial charge in [0.15, 0.2) is 0 Å². The molecule has 0 aliphatic heterocycles. The van der Waals surface area contributed by atoms with Crippen LogP contribution in [0.4, 0.5) is 0 Å². The number of aryl methyl sites for hydroxylation is 2. The highest BCUT2D eigenvalue weighted by atomic mass is 79.9. The largest absolute Gasteiger partial charge is 0.400 e. The van der Waals surface area contributed by atoms with Gasteiger partial charge in [-0.05, 0) is 77.7 Å². The van der Waals surface area contributed by atoms with Gasteiger partial charge in [-0.1, -0.05) is 49.1 Å². The Kier molecular flexibility index (Phi) is 8.13. The second-order valence-corrected chi connectivity index (χ2v) is 7.92. The van der Waals surface area contributed by atoms with Crippen molar-refractivity contribution in [3.05, 3.63) is 78.0 Å². The summed E-state index contributed by atoms with van der Waals surface area (Å²) in [5.74, 6) is 0. The van der Waals surface area contributed by atoms with Crippen molar-refractivity contribution >= 4 is 31.9 Å². The maximum atomic E-state index is 8.36. The molecular weight excluding hydrogens is 460 g/mol. The van der Waals surface area contributed by atoms with Crippen molar-refractivity contribution in [3.63, 3.8) is 0 Å². The molecule has 0 radical (unpaired) electrons. The van der Waals surface area contributed by atoms with Crippen LogP contribution in [0.15, 0.2) is 50.5 Å². The summed E-state index contributed by atoms with van der Waals surface area (Å²) in [6.07, 6.45) is 4.19. The molecule has 2 aliphatic rings. The maximum Gasteiger partial charge on any atom is 0.0631 e. The smallest absolute Gasteiger partial charge is 0.0631 e. The van der Waals surface area contributed by atoms with E-state index in [0.29, 0.717) is 0 Å². The number of rotatable bonds is 1. The third-order valence-corrected chi connectivity index (χ3v) is 5.56. The van der Waals surface area contributed by atoms with Gasteiger partial charge in [0.1, 0.15) is 0 Å². The van der Waals surface area contributed by atoms with Gasteiger partial charge in [0.2, 0.25) is 0 Å². The SMILES string of the molecule is CO.N[C@@H]1CCc2cc(Br)ccc21.[N-]=[N+]=N[C@@H]1CCc2cc(Br)ccc21. The number of fused-ring (bicyclic) bond motifs is 2. The molecule has 0 saturated carbocycles. The third kappa shape index (κ3) is 5.09. The number of halogens is 2. The quantitative estimate of drug-likeness (QED) is 0.308. The molecule has 26 heavy (non-hydrogen) atoms. The molecule has 2 aromatic carbocycles. The average Bonchev–Trinajstić information content (AvgIpc) is 3.21. The van der Waals surface area contributed by atoms with E-state index < -0.39 is 0 Å². The molecule has 2 aliphatic carbocycles. The van der Waals surface area contributed by atoms with Gasteiger partial charge in [-0.15, -0.1) is 0 Å². The number of azide groups is 1. The Balaban J connectivity index is 0.000000173. The standard InChI is InChI=1S/C9H8BrN3.C9H10BrN.CH4O/c10-7-2-3-8-6(5-7)1-4-9(8)12-13-11;10-7-2-3-8-6(5-7)1-4-9(8)11;1-2/h2-3,5,9H,1,4H2;2-3,5,9H,1,4,11H2;2H,1H3/t2*9-;/m11./s1. The van der Waals surface area contributed by atoms with Crippen LogP contribution in [0.5, 0.6) is 0 Å². The van der Waals surface area contributed by atoms with Crippen LogP contribution in [0.3, 0.4) is 0 Å². The Bertz CT molecular complexity index is 806. The fourth-order valence-electron chi connectivity index (χ4n) is 3.36. The first-order chi connectivity index (χ1) is 12.6. The van der Waals surface area contributed by atoms with Crippen LogP contribution in [-0.2, 0) is 12.8 Å². The van der Waals surface area contributed by atoms with Crippen LogP contribution in [0.2, 0.25) is 0 Å². The fraction of sp³-hybridized carbons (Fsp3) is 0.368. The first-order valence-corrected chi connectivity index (χ1v) is 9.98. The van der Waals surface area contributed by atoms with Gasteiger partial charge in [-0.25, -0.2) is 0 Å². The first-order valence-electron chi connectivity index (χ1n) is 8.39. The van der Waals surface area contributed by atoms with Crippen molar-refractivity contribution in [2.45, 2.75) is 37.8 Å². The molecule has 0 spiro atoms. The summed E-state index contributed by atoms with van der Waals surface area (Å²) >= 11 is 6.86. The summed E-state index contributed by atoms with van der Waals surface area (Å²) in [5, 5.41) is 10.8. The number of aliphatic hydroxyl groups excluding tert-OH is 1. The molecule has 3 N–H and O–H groups in total. The minimum absolute atomic E-state index is 0.0492. The van der Waals surface area contributed by atoms with Crippen LogP contribution in [-0.4, -0.2) is 12.2 Å². The topological polar surface area (TPSA) is 95.0 Å². The van der Waals surface area contributed by atoms with Gasteiger partial charge >= 0.3 is 0 Å². The lowest BCUT2D eigenvalue weighted by Gasteiger charge is -2.03. The van der Waals surface area contributed by atoms with E-state index in [1.807, 2.05) is 12.1 Å². The zero-order valence-corrected chi connectivity index (χ0v) is 17.7. The van der Waals surface area contributed by atoms with Crippen LogP contribution in [0, 0.1) is 0 Å². The number of aliphatic hydroxyl groups is 1. The number of nitrogens with zero attached hydrogens (tertiary/aromatic N) is 3. The van der Waals surface area contributed by atoms with Gasteiger partial charge in [0.25, 0.3) is 0 Å². The Morgan fingerprint density at radius 2 is 1.54 bits per heavy atom. The highest BCUT2D eigenvalue weighted by Crippen LogP contribution is 2.35. The second-order valence-electron chi connectivity index (χ2n) is 6.09. The molecule has 0 heterocycles. The summed E-state index contributed by atoms with van der Waals surface area (Å²) in [7, 11) is 1.00. The van der Waals surface area contributed by atoms with Crippen molar-refractivity contribution in [2.24, 2.45) is 10.8 Å². The predicted octanol–water partition coefficient (Wildman–Crippen LogP) is 5.75. The lowest BCUT2D eigenvalue weighted by Crippen LogP contribution is -2.04. The lowest BCUT2D eigenvalue weighted by molar-refractivity contribution is 0.399. The molecule has 4 rings (SSSR count). The number of nitrogens with two attached hydrogens (primary N) is 1. The van der Waals surface area contributed by atoms with Gasteiger partial charge in [-0.2, -0.15) is 0 Å². The molecule has 0 unspecified atom stereocenters. The van der Waals surface area contributed by atoms with Crippen LogP contribution in [0.25, 0.3) is 10.4 Å². The van der Waals surface area contributed by atoms with Crippen LogP contribution < -0.4 is 5.73 Å². The van der Waals surface area contributed by atoms with E-state index in [4.69, 9.17) is 16.4 Å². The van der Waals surface area contributed by atoms with Gasteiger partial charge in [0, 0.05) is 27.0 Å². The van der Waals surface area contributed by atoms with E-state index in [-0.39, 0.29) is 12.1 Å². The fourth-order valence-corrected chi connectivity index (χ4v) is 4.18. The van der Waals surface area contributed by atoms with Crippen LogP contribution in [0.1, 0.15) is 47.2 Å². The Labute approximate surface area is 170 Å². The summed E-state index contributed by atoms with van der Waals surface area (Å²) in [5.41, 5.74) is 19.5. The number of hydrogen-bond donors (Lipinski definition) is 2. The third-order valence-electron chi connectivity index (χ3n) is 4.57. The summed E-state index contributed by atoms with van der Waals surface area (Å²) in [6.45, 7) is 0. The average molecular weight is 482 g/mol. The van der Waals surface area contributed by atoms with Gasteiger partial charge in [0.05, 0.1) is 6.04 Å². The highest BCUT2D eigenvalue weighted by molar-refractivity contribution is 9.10. The Hall–Kier alpha value is -1.37. The summed E-state index contributed by atoms with van der Waals surface area (Å²) < 4.78 is 2.25. The molecule has 138 valence electrons. The first kappa shape index (κ1) is 20.9. The zero-order valence-electron chi connectivity index (χ0n) is 14.6. The molecular formula is C19H22Br2N4O. The van der Waals surface area contributed by atoms with E-state index in [2.05, 4.69) is 66.2 Å². The lowest BCUT2D eigenvalue weighted by atomic mass is 10.1. The normalized spacial score (nSPS) is 19.1. The predicted molar refractivity (Wildman–Crippen MR) is 112 cm³/mol. The molecule has 2 atom stereocenters. The molecule has 0 bridgehead atoms. The van der Waals surface area contributed by atoms with E-state index in [1.165, 1.54) is 22.3 Å². The summed E-state index contributed by atoms with van der Waals surface area (Å²) in [6, 6.07) is 12.8. The molecule has 0 saturated heterocycles. The monoisotopic (exact) mass is 480 g/mol. The number of benzene rings is 2. The van der Waals surface area contributed by atoms with Gasteiger partial charge < -0.3 is 10.8 Å². The van der Waals surface area contributed by atoms with E-state index >= 15 is 0 Å². The van der Waals surface area contributed by atoms with E-state index in [0.717, 1.165) is 41.7 Å². The van der Waals surface area contributed by atoms with Crippen LogP contribution >= 0.6 is 31.9 Å². The van der Waals surface area contributed by atoms with Crippen molar-refractivity contribution in [2.75, 3.05) is 7.11 Å². The van der Waals surface area contributed by atoms with Gasteiger partial charge in [-0.3, -0.25) is 0 Å². The van der Waals surface area contributed by atoms with E-state index in [1.54, 1.807) is 0 Å². The molecule has 2 aromatic rings. The zero-order chi connectivity index (χ0) is 19.1. The molecule has 0 aromatic heterocycles. The van der Waals surface area contributed by atoms with Crippen molar-refractivity contribution < 1.29 is 5.11 Å².